The Balaban J connectivity index is 4.43. The van der Waals surface area contributed by atoms with E-state index in [-0.39, 0.29) is 22.8 Å². The van der Waals surface area contributed by atoms with Gasteiger partial charge in [-0.15, -0.1) is 0 Å². The van der Waals surface area contributed by atoms with Crippen LogP contribution in [0, 0.1) is 5.41 Å². The fourth-order valence-electron chi connectivity index (χ4n) is 0.794. The highest BCUT2D eigenvalue weighted by molar-refractivity contribution is 7.84. The van der Waals surface area contributed by atoms with Gasteiger partial charge in [-0.3, -0.25) is 0 Å². The van der Waals surface area contributed by atoms with Gasteiger partial charge in [0.2, 0.25) is 0 Å². The number of aliphatic hydroxyl groups is 1. The van der Waals surface area contributed by atoms with E-state index in [0.29, 0.717) is 0 Å². The molecule has 0 spiro atoms. The van der Waals surface area contributed by atoms with E-state index in [1.54, 1.807) is 0 Å². The van der Waals surface area contributed by atoms with E-state index in [2.05, 4.69) is 4.72 Å². The van der Waals surface area contributed by atoms with Gasteiger partial charge in [0.25, 0.3) is 0 Å². The molecule has 1 unspecified atom stereocenters. The van der Waals surface area contributed by atoms with Crippen molar-refractivity contribution in [3.8, 4) is 0 Å². The van der Waals surface area contributed by atoms with Crippen molar-refractivity contribution in [2.45, 2.75) is 52.3 Å². The Morgan fingerprint density at radius 1 is 1.21 bits per heavy atom. The SMILES string of the molecule is CC(C)(C)[C@H](CO)NS(=O)C(C)(C)C. The number of hydrogen-bond acceptors (Lipinski definition) is 2. The van der Waals surface area contributed by atoms with Gasteiger partial charge in [0.15, 0.2) is 0 Å². The average Bonchev–Trinajstić information content (AvgIpc) is 1.95. The van der Waals surface area contributed by atoms with Gasteiger partial charge in [-0.05, 0) is 26.2 Å². The van der Waals surface area contributed by atoms with Crippen LogP contribution in [0.4, 0.5) is 0 Å². The summed E-state index contributed by atoms with van der Waals surface area (Å²) in [5, 5.41) is 9.18. The Labute approximate surface area is 89.9 Å². The molecule has 0 aromatic heterocycles. The van der Waals surface area contributed by atoms with Crippen LogP contribution >= 0.6 is 0 Å². The summed E-state index contributed by atoms with van der Waals surface area (Å²) >= 11 is 0. The van der Waals surface area contributed by atoms with Crippen LogP contribution in [0.3, 0.4) is 0 Å². The standard InChI is InChI=1S/C10H23NO2S/c1-9(2,3)8(7-12)11-14(13)10(4,5)6/h8,11-12H,7H2,1-6H3/t8-,14?/m0/s1. The summed E-state index contributed by atoms with van der Waals surface area (Å²) in [6.45, 7) is 11.8. The van der Waals surface area contributed by atoms with E-state index in [9.17, 15) is 9.32 Å². The predicted octanol–water partition coefficient (Wildman–Crippen LogP) is 1.45. The third kappa shape index (κ3) is 4.53. The fraction of sp³-hybridized carbons (Fsp3) is 1.00. The lowest BCUT2D eigenvalue weighted by atomic mass is 9.88. The molecule has 0 saturated heterocycles. The maximum Gasteiger partial charge on any atom is 0.0973 e. The number of rotatable bonds is 3. The minimum Gasteiger partial charge on any atom is -0.395 e. The smallest absolute Gasteiger partial charge is 0.0973 e. The summed E-state index contributed by atoms with van der Waals surface area (Å²) in [7, 11) is -1.12. The highest BCUT2D eigenvalue weighted by Crippen LogP contribution is 2.20. The minimum atomic E-state index is -1.12. The van der Waals surface area contributed by atoms with Gasteiger partial charge in [-0.25, -0.2) is 8.93 Å². The van der Waals surface area contributed by atoms with Gasteiger partial charge < -0.3 is 5.11 Å². The topological polar surface area (TPSA) is 49.3 Å². The molecule has 4 heteroatoms. The van der Waals surface area contributed by atoms with E-state index >= 15 is 0 Å². The molecule has 0 radical (unpaired) electrons. The highest BCUT2D eigenvalue weighted by atomic mass is 32.2. The van der Waals surface area contributed by atoms with E-state index in [1.165, 1.54) is 0 Å². The van der Waals surface area contributed by atoms with Crippen molar-refractivity contribution >= 4 is 11.0 Å². The normalized spacial score (nSPS) is 17.9. The summed E-state index contributed by atoms with van der Waals surface area (Å²) in [6.07, 6.45) is 0. The number of nitrogens with one attached hydrogen (secondary N) is 1. The molecular formula is C10H23NO2S. The third-order valence-electron chi connectivity index (χ3n) is 2.03. The maximum atomic E-state index is 11.8. The van der Waals surface area contributed by atoms with E-state index in [1.807, 2.05) is 41.5 Å². The number of aliphatic hydroxyl groups excluding tert-OH is 1. The van der Waals surface area contributed by atoms with Crippen LogP contribution in [0.5, 0.6) is 0 Å². The molecule has 0 bridgehead atoms. The summed E-state index contributed by atoms with van der Waals surface area (Å²) in [4.78, 5) is 0. The molecule has 0 rings (SSSR count). The summed E-state index contributed by atoms with van der Waals surface area (Å²) in [6, 6.07) is -0.137. The molecule has 0 aliphatic heterocycles. The lowest BCUT2D eigenvalue weighted by Gasteiger charge is -2.31. The van der Waals surface area contributed by atoms with Crippen LogP contribution < -0.4 is 4.72 Å². The van der Waals surface area contributed by atoms with Gasteiger partial charge >= 0.3 is 0 Å². The Bertz CT molecular complexity index is 203. The van der Waals surface area contributed by atoms with Crippen molar-refractivity contribution in [2.75, 3.05) is 6.61 Å². The van der Waals surface area contributed by atoms with Crippen LogP contribution in [-0.4, -0.2) is 26.7 Å². The molecule has 0 fully saturated rings. The Morgan fingerprint density at radius 2 is 1.64 bits per heavy atom. The second-order valence-corrected chi connectivity index (χ2v) is 7.60. The molecule has 2 atom stereocenters. The first-order chi connectivity index (χ1) is 6.09. The summed E-state index contributed by atoms with van der Waals surface area (Å²) < 4.78 is 14.4. The van der Waals surface area contributed by atoms with E-state index in [4.69, 9.17) is 0 Å². The fourth-order valence-corrected chi connectivity index (χ4v) is 1.83. The molecule has 0 aromatic carbocycles. The van der Waals surface area contributed by atoms with Crippen molar-refractivity contribution in [1.82, 2.24) is 4.72 Å². The summed E-state index contributed by atoms with van der Waals surface area (Å²) in [5.74, 6) is 0. The van der Waals surface area contributed by atoms with Gasteiger partial charge in [0, 0.05) is 6.04 Å². The average molecular weight is 221 g/mol. The van der Waals surface area contributed by atoms with Crippen molar-refractivity contribution in [1.29, 1.82) is 0 Å². The maximum absolute atomic E-state index is 11.8. The Hall–Kier alpha value is 0.0700. The molecule has 0 heterocycles. The van der Waals surface area contributed by atoms with Crippen LogP contribution in [0.1, 0.15) is 41.5 Å². The van der Waals surface area contributed by atoms with Crippen LogP contribution in [0.25, 0.3) is 0 Å². The monoisotopic (exact) mass is 221 g/mol. The molecule has 14 heavy (non-hydrogen) atoms. The van der Waals surface area contributed by atoms with Crippen molar-refractivity contribution in [3.63, 3.8) is 0 Å². The minimum absolute atomic E-state index is 0.00528. The first kappa shape index (κ1) is 14.1. The summed E-state index contributed by atoms with van der Waals surface area (Å²) in [5.41, 5.74) is -0.0876. The van der Waals surface area contributed by atoms with Crippen LogP contribution in [0.2, 0.25) is 0 Å². The first-order valence-corrected chi connectivity index (χ1v) is 6.03. The van der Waals surface area contributed by atoms with Gasteiger partial charge in [0.1, 0.15) is 0 Å². The first-order valence-electron chi connectivity index (χ1n) is 4.88. The molecule has 0 aromatic rings. The molecule has 2 N–H and O–H groups in total. The molecule has 0 aliphatic carbocycles. The zero-order chi connectivity index (χ0) is 11.6. The lowest BCUT2D eigenvalue weighted by molar-refractivity contribution is 0.178. The molecule has 3 nitrogen and oxygen atoms in total. The van der Waals surface area contributed by atoms with Gasteiger partial charge in [0.05, 0.1) is 22.3 Å². The third-order valence-corrected chi connectivity index (χ3v) is 3.64. The lowest BCUT2D eigenvalue weighted by Crippen LogP contribution is -2.48. The molecular weight excluding hydrogens is 198 g/mol. The van der Waals surface area contributed by atoms with Crippen LogP contribution in [0.15, 0.2) is 0 Å². The van der Waals surface area contributed by atoms with Gasteiger partial charge in [-0.1, -0.05) is 20.8 Å². The molecule has 86 valence electrons. The zero-order valence-corrected chi connectivity index (χ0v) is 10.9. The van der Waals surface area contributed by atoms with Gasteiger partial charge in [-0.2, -0.15) is 0 Å². The van der Waals surface area contributed by atoms with Crippen LogP contribution in [-0.2, 0) is 11.0 Å². The quantitative estimate of drug-likeness (QED) is 0.758. The van der Waals surface area contributed by atoms with E-state index < -0.39 is 11.0 Å². The Kier molecular flexibility index (Phi) is 4.75. The molecule has 0 saturated carbocycles. The Morgan fingerprint density at radius 3 is 1.86 bits per heavy atom. The molecule has 0 amide bonds. The van der Waals surface area contributed by atoms with Crippen molar-refractivity contribution < 1.29 is 9.32 Å². The second kappa shape index (κ2) is 4.73. The highest BCUT2D eigenvalue weighted by Gasteiger charge is 2.29. The van der Waals surface area contributed by atoms with Crippen molar-refractivity contribution in [2.24, 2.45) is 5.41 Å². The molecule has 0 aliphatic rings. The zero-order valence-electron chi connectivity index (χ0n) is 10.0. The van der Waals surface area contributed by atoms with Crippen molar-refractivity contribution in [3.05, 3.63) is 0 Å². The van der Waals surface area contributed by atoms with E-state index in [0.717, 1.165) is 0 Å². The predicted molar refractivity (Wildman–Crippen MR) is 61.4 cm³/mol. The largest absolute Gasteiger partial charge is 0.395 e. The number of hydrogen-bond donors (Lipinski definition) is 2. The second-order valence-electron chi connectivity index (χ2n) is 5.60.